The van der Waals surface area contributed by atoms with Crippen molar-refractivity contribution in [2.75, 3.05) is 19.5 Å². The van der Waals surface area contributed by atoms with E-state index in [1.54, 1.807) is 25.1 Å². The smallest absolute Gasteiger partial charge is 0.416 e. The molecule has 0 atom stereocenters. The van der Waals surface area contributed by atoms with Crippen molar-refractivity contribution < 1.29 is 27.4 Å². The van der Waals surface area contributed by atoms with Crippen LogP contribution in [0.1, 0.15) is 11.3 Å². The van der Waals surface area contributed by atoms with Crippen molar-refractivity contribution in [1.82, 2.24) is 19.2 Å². The zero-order valence-corrected chi connectivity index (χ0v) is 18.9. The molecule has 9 nitrogen and oxygen atoms in total. The number of methoxy groups -OCH3 is 2. The molecule has 2 heterocycles. The first-order valence-corrected chi connectivity index (χ1v) is 10.3. The predicted octanol–water partition coefficient (Wildman–Crippen LogP) is 3.54. The van der Waals surface area contributed by atoms with E-state index in [2.05, 4.69) is 15.4 Å². The van der Waals surface area contributed by atoms with E-state index in [1.165, 1.54) is 32.4 Å². The standard InChI is InChI=1S/C23H20F3N5O4/c1-13-10-19-29-30(12-20(32)28-17-9-8-16(34-2)11-18(17)35-3)22(33)31(19)21(27-13)14-4-6-15(7-5-14)23(24,25)26/h4-11H,12H2,1-3H3,(H,28,32). The van der Waals surface area contributed by atoms with Gasteiger partial charge in [0.25, 0.3) is 0 Å². The number of nitrogens with zero attached hydrogens (tertiary/aromatic N) is 4. The van der Waals surface area contributed by atoms with Crippen molar-refractivity contribution in [3.63, 3.8) is 0 Å². The normalized spacial score (nSPS) is 11.5. The third-order valence-electron chi connectivity index (χ3n) is 5.14. The number of halogens is 3. The Labute approximate surface area is 196 Å². The third kappa shape index (κ3) is 4.81. The molecule has 0 unspecified atom stereocenters. The number of aryl methyl sites for hydroxylation is 1. The van der Waals surface area contributed by atoms with Crippen LogP contribution >= 0.6 is 0 Å². The SMILES string of the molecule is COc1ccc(NC(=O)Cn2nc3cc(C)nc(-c4ccc(C(F)(F)F)cc4)n3c2=O)c(OC)c1. The van der Waals surface area contributed by atoms with Gasteiger partial charge in [0.15, 0.2) is 5.65 Å². The average Bonchev–Trinajstić information content (AvgIpc) is 3.12. The van der Waals surface area contributed by atoms with Crippen LogP contribution < -0.4 is 20.5 Å². The Bertz CT molecular complexity index is 1460. The van der Waals surface area contributed by atoms with E-state index in [1.807, 2.05) is 0 Å². The van der Waals surface area contributed by atoms with Gasteiger partial charge in [-0.3, -0.25) is 4.79 Å². The maximum atomic E-state index is 13.1. The van der Waals surface area contributed by atoms with Crippen molar-refractivity contribution in [1.29, 1.82) is 0 Å². The average molecular weight is 487 g/mol. The van der Waals surface area contributed by atoms with E-state index < -0.39 is 29.9 Å². The molecular weight excluding hydrogens is 467 g/mol. The van der Waals surface area contributed by atoms with Gasteiger partial charge in [0.1, 0.15) is 23.9 Å². The number of fused-ring (bicyclic) bond motifs is 1. The molecule has 4 aromatic rings. The molecule has 0 aliphatic heterocycles. The molecule has 4 rings (SSSR count). The molecule has 1 N–H and O–H groups in total. The van der Waals surface area contributed by atoms with Crippen LogP contribution in [0.3, 0.4) is 0 Å². The van der Waals surface area contributed by atoms with Crippen molar-refractivity contribution in [2.45, 2.75) is 19.6 Å². The first-order valence-electron chi connectivity index (χ1n) is 10.3. The number of anilines is 1. The highest BCUT2D eigenvalue weighted by Gasteiger charge is 2.30. The van der Waals surface area contributed by atoms with Gasteiger partial charge in [0.2, 0.25) is 5.91 Å². The number of ether oxygens (including phenoxy) is 2. The summed E-state index contributed by atoms with van der Waals surface area (Å²) in [6.07, 6.45) is -4.49. The molecule has 2 aromatic carbocycles. The lowest BCUT2D eigenvalue weighted by Crippen LogP contribution is -2.29. The number of benzene rings is 2. The molecule has 35 heavy (non-hydrogen) atoms. The molecule has 0 aliphatic rings. The van der Waals surface area contributed by atoms with Crippen molar-refractivity contribution in [3.05, 3.63) is 70.3 Å². The Hall–Kier alpha value is -4.35. The number of hydrogen-bond acceptors (Lipinski definition) is 6. The van der Waals surface area contributed by atoms with Crippen molar-refractivity contribution in [3.8, 4) is 22.9 Å². The zero-order chi connectivity index (χ0) is 25.3. The van der Waals surface area contributed by atoms with E-state index in [0.717, 1.165) is 21.2 Å². The van der Waals surface area contributed by atoms with Gasteiger partial charge in [0.05, 0.1) is 25.5 Å². The van der Waals surface area contributed by atoms with Crippen LogP contribution in [0.15, 0.2) is 53.3 Å². The Kier molecular flexibility index (Phi) is 6.20. The van der Waals surface area contributed by atoms with Gasteiger partial charge >= 0.3 is 11.9 Å². The molecule has 0 fully saturated rings. The molecule has 2 aromatic heterocycles. The number of hydrogen-bond donors (Lipinski definition) is 1. The molecule has 0 saturated heterocycles. The summed E-state index contributed by atoms with van der Waals surface area (Å²) in [4.78, 5) is 30.1. The van der Waals surface area contributed by atoms with E-state index in [4.69, 9.17) is 9.47 Å². The number of rotatable bonds is 6. The van der Waals surface area contributed by atoms with Crippen LogP contribution in [0.25, 0.3) is 17.0 Å². The summed E-state index contributed by atoms with van der Waals surface area (Å²) < 4.78 is 51.3. The second-order valence-electron chi connectivity index (χ2n) is 7.54. The number of nitrogens with one attached hydrogen (secondary N) is 1. The molecule has 0 saturated carbocycles. The van der Waals surface area contributed by atoms with Crippen LogP contribution in [-0.4, -0.2) is 39.3 Å². The molecule has 1 amide bonds. The lowest BCUT2D eigenvalue weighted by Gasteiger charge is -2.11. The molecule has 12 heteroatoms. The minimum atomic E-state index is -4.49. The molecule has 0 bridgehead atoms. The van der Waals surface area contributed by atoms with Gasteiger partial charge in [-0.2, -0.15) is 13.2 Å². The van der Waals surface area contributed by atoms with Crippen LogP contribution in [0.5, 0.6) is 11.5 Å². The first kappa shape index (κ1) is 23.8. The van der Waals surface area contributed by atoms with Gasteiger partial charge in [-0.1, -0.05) is 12.1 Å². The highest BCUT2D eigenvalue weighted by atomic mass is 19.4. The lowest BCUT2D eigenvalue weighted by atomic mass is 10.1. The highest BCUT2D eigenvalue weighted by Crippen LogP contribution is 2.31. The van der Waals surface area contributed by atoms with E-state index in [0.29, 0.717) is 28.4 Å². The minimum Gasteiger partial charge on any atom is -0.497 e. The summed E-state index contributed by atoms with van der Waals surface area (Å²) >= 11 is 0. The fourth-order valence-corrected chi connectivity index (χ4v) is 3.49. The first-order chi connectivity index (χ1) is 16.6. The summed E-state index contributed by atoms with van der Waals surface area (Å²) in [6.45, 7) is 1.25. The monoisotopic (exact) mass is 487 g/mol. The summed E-state index contributed by atoms with van der Waals surface area (Å²) in [7, 11) is 2.94. The quantitative estimate of drug-likeness (QED) is 0.447. The van der Waals surface area contributed by atoms with Crippen LogP contribution in [0.4, 0.5) is 18.9 Å². The Morgan fingerprint density at radius 1 is 1.06 bits per heavy atom. The van der Waals surface area contributed by atoms with Gasteiger partial charge in [-0.25, -0.2) is 18.9 Å². The van der Waals surface area contributed by atoms with E-state index in [-0.39, 0.29) is 11.5 Å². The largest absolute Gasteiger partial charge is 0.497 e. The molecule has 182 valence electrons. The Morgan fingerprint density at radius 3 is 2.40 bits per heavy atom. The Balaban J connectivity index is 1.66. The third-order valence-corrected chi connectivity index (χ3v) is 5.14. The number of carbonyl (C=O) groups is 1. The maximum absolute atomic E-state index is 13.1. The van der Waals surface area contributed by atoms with Gasteiger partial charge in [-0.15, -0.1) is 5.10 Å². The second kappa shape index (κ2) is 9.12. The van der Waals surface area contributed by atoms with Crippen molar-refractivity contribution in [2.24, 2.45) is 0 Å². The Morgan fingerprint density at radius 2 is 1.77 bits per heavy atom. The molecular formula is C23H20F3N5O4. The number of amides is 1. The van der Waals surface area contributed by atoms with E-state index in [9.17, 15) is 22.8 Å². The van der Waals surface area contributed by atoms with Gasteiger partial charge in [-0.05, 0) is 31.2 Å². The molecule has 0 spiro atoms. The number of carbonyl (C=O) groups excluding carboxylic acids is 1. The summed E-state index contributed by atoms with van der Waals surface area (Å²) in [5, 5.41) is 6.86. The summed E-state index contributed by atoms with van der Waals surface area (Å²) in [5.74, 6) is 0.474. The van der Waals surface area contributed by atoms with Gasteiger partial charge in [0, 0.05) is 23.4 Å². The number of alkyl halides is 3. The second-order valence-corrected chi connectivity index (χ2v) is 7.54. The van der Waals surface area contributed by atoms with E-state index >= 15 is 0 Å². The fraction of sp³-hybridized carbons (Fsp3) is 0.217. The topological polar surface area (TPSA) is 99.7 Å². The fourth-order valence-electron chi connectivity index (χ4n) is 3.49. The van der Waals surface area contributed by atoms with Crippen LogP contribution in [0, 0.1) is 6.92 Å². The van der Waals surface area contributed by atoms with Crippen LogP contribution in [-0.2, 0) is 17.5 Å². The minimum absolute atomic E-state index is 0.113. The highest BCUT2D eigenvalue weighted by molar-refractivity contribution is 5.92. The zero-order valence-electron chi connectivity index (χ0n) is 18.9. The van der Waals surface area contributed by atoms with Crippen LogP contribution in [0.2, 0.25) is 0 Å². The summed E-state index contributed by atoms with van der Waals surface area (Å²) in [5.41, 5.74) is -0.124. The number of aromatic nitrogens is 4. The maximum Gasteiger partial charge on any atom is 0.416 e. The summed E-state index contributed by atoms with van der Waals surface area (Å²) in [6, 6.07) is 10.7. The lowest BCUT2D eigenvalue weighted by molar-refractivity contribution is -0.137. The van der Waals surface area contributed by atoms with Crippen molar-refractivity contribution >= 4 is 17.2 Å². The molecule has 0 radical (unpaired) electrons. The van der Waals surface area contributed by atoms with Gasteiger partial charge < -0.3 is 14.8 Å². The predicted molar refractivity (Wildman–Crippen MR) is 121 cm³/mol. The molecule has 0 aliphatic carbocycles.